The Labute approximate surface area is 210 Å². The van der Waals surface area contributed by atoms with Crippen molar-refractivity contribution >= 4 is 73.3 Å². The Kier molecular flexibility index (Phi) is 7.30. The second-order valence-corrected chi connectivity index (χ2v) is 9.73. The number of aryl methyl sites for hydroxylation is 2. The minimum Gasteiger partial charge on any atom is -0.307 e. The van der Waals surface area contributed by atoms with Crippen molar-refractivity contribution in [2.24, 2.45) is 0 Å². The molecule has 0 bridgehead atoms. The fourth-order valence-electron chi connectivity index (χ4n) is 4.64. The van der Waals surface area contributed by atoms with E-state index in [0.29, 0.717) is 13.1 Å². The zero-order chi connectivity index (χ0) is 19.2. The molecular formula is C19H28KN4O3S. The molecule has 2 N–H and O–H groups in total. The molecule has 4 rings (SSSR count). The molecule has 7 nitrogen and oxygen atoms in total. The van der Waals surface area contributed by atoms with Crippen molar-refractivity contribution in [2.45, 2.75) is 51.0 Å². The molecule has 1 aromatic carbocycles. The van der Waals surface area contributed by atoms with E-state index in [1.165, 1.54) is 26.6 Å². The summed E-state index contributed by atoms with van der Waals surface area (Å²) in [5.41, 5.74) is 5.86. The third-order valence-corrected chi connectivity index (χ3v) is 7.58. The topological polar surface area (TPSA) is 81.8 Å². The largest absolute Gasteiger partial charge is 0.333 e. The minimum atomic E-state index is -3.83. The predicted octanol–water partition coefficient (Wildman–Crippen LogP) is 1.29. The number of fused-ring (bicyclic) bond motifs is 2. The van der Waals surface area contributed by atoms with Crippen LogP contribution in [0.15, 0.2) is 6.07 Å². The summed E-state index contributed by atoms with van der Waals surface area (Å²) in [4.78, 5) is 14.6. The van der Waals surface area contributed by atoms with E-state index in [1.807, 2.05) is 19.0 Å². The molecule has 0 aromatic heterocycles. The smallest absolute Gasteiger partial charge is 0.307 e. The maximum atomic E-state index is 12.6. The van der Waals surface area contributed by atoms with Crippen LogP contribution in [0.25, 0.3) is 0 Å². The van der Waals surface area contributed by atoms with Gasteiger partial charge in [-0.15, -0.1) is 0 Å². The number of likely N-dealkylation sites (N-methyl/N-ethyl adjacent to an activating group) is 1. The number of hydrogen-bond donors (Lipinski definition) is 2. The van der Waals surface area contributed by atoms with Crippen LogP contribution >= 0.6 is 0 Å². The first-order chi connectivity index (χ1) is 12.8. The summed E-state index contributed by atoms with van der Waals surface area (Å²) in [7, 11) is 0.0546. The van der Waals surface area contributed by atoms with Crippen LogP contribution in [0.2, 0.25) is 0 Å². The number of amides is 2. The van der Waals surface area contributed by atoms with Crippen molar-refractivity contribution in [1.82, 2.24) is 13.9 Å². The number of hydrogen-bond acceptors (Lipinski definition) is 4. The van der Waals surface area contributed by atoms with Crippen molar-refractivity contribution in [3.8, 4) is 0 Å². The summed E-state index contributed by atoms with van der Waals surface area (Å²) < 4.78 is 28.8. The monoisotopic (exact) mass is 431 g/mol. The molecule has 1 unspecified atom stereocenters. The number of benzene rings is 1. The first-order valence-corrected chi connectivity index (χ1v) is 11.2. The van der Waals surface area contributed by atoms with Gasteiger partial charge in [0.1, 0.15) is 0 Å². The molecule has 3 aliphatic rings. The molecule has 1 radical (unpaired) electrons. The van der Waals surface area contributed by atoms with Crippen LogP contribution in [0.3, 0.4) is 0 Å². The van der Waals surface area contributed by atoms with Gasteiger partial charge >= 0.3 is 16.2 Å². The average molecular weight is 432 g/mol. The molecule has 1 fully saturated rings. The number of anilines is 1. The molecule has 2 amide bonds. The standard InChI is InChI=1S/C19H28N4O3S.K/c1-22(2)15-9-10-23(12-15)27(25,26)21-19(24)20-18-16-7-3-5-13(16)11-14-6-4-8-17(14)18;/h11,15H,3-10,12H2,1-2H3,(H2,20,21,24);. The maximum Gasteiger partial charge on any atom is 0.333 e. The van der Waals surface area contributed by atoms with E-state index in [-0.39, 0.29) is 57.4 Å². The Balaban J connectivity index is 0.00000225. The van der Waals surface area contributed by atoms with Crippen LogP contribution in [-0.2, 0) is 35.9 Å². The Hall–Kier alpha value is -0.00364. The Morgan fingerprint density at radius 2 is 1.71 bits per heavy atom. The van der Waals surface area contributed by atoms with Gasteiger partial charge in [-0.25, -0.2) is 9.52 Å². The SMILES string of the molecule is CN(C)C1CCN(S(=O)(=O)NC(=O)Nc2c3c(cc4c2CCC4)CCC3)C1.[K]. The number of nitrogens with one attached hydrogen (secondary N) is 2. The zero-order valence-electron chi connectivity index (χ0n) is 17.0. The van der Waals surface area contributed by atoms with Gasteiger partial charge in [-0.05, 0) is 81.3 Å². The first-order valence-electron chi connectivity index (χ1n) is 9.77. The van der Waals surface area contributed by atoms with Crippen LogP contribution in [0, 0.1) is 0 Å². The third kappa shape index (κ3) is 4.51. The van der Waals surface area contributed by atoms with E-state index in [9.17, 15) is 13.2 Å². The second kappa shape index (κ2) is 9.01. The first kappa shape index (κ1) is 22.7. The Morgan fingerprint density at radius 3 is 2.25 bits per heavy atom. The van der Waals surface area contributed by atoms with Crippen LogP contribution in [0.5, 0.6) is 0 Å². The van der Waals surface area contributed by atoms with E-state index < -0.39 is 16.2 Å². The summed E-state index contributed by atoms with van der Waals surface area (Å²) in [5, 5.41) is 2.89. The van der Waals surface area contributed by atoms with Crippen molar-refractivity contribution < 1.29 is 13.2 Å². The number of nitrogens with zero attached hydrogens (tertiary/aromatic N) is 2. The number of rotatable bonds is 4. The number of carbonyl (C=O) groups excluding carboxylic acids is 1. The fourth-order valence-corrected chi connectivity index (χ4v) is 5.77. The Morgan fingerprint density at radius 1 is 1.11 bits per heavy atom. The molecule has 0 spiro atoms. The van der Waals surface area contributed by atoms with E-state index in [2.05, 4.69) is 16.1 Å². The number of urea groups is 1. The summed E-state index contributed by atoms with van der Waals surface area (Å²) >= 11 is 0. The summed E-state index contributed by atoms with van der Waals surface area (Å²) in [6.07, 6.45) is 6.92. The molecule has 9 heteroatoms. The van der Waals surface area contributed by atoms with Crippen LogP contribution in [0.1, 0.15) is 41.5 Å². The molecule has 2 aliphatic carbocycles. The molecule has 28 heavy (non-hydrogen) atoms. The molecule has 1 heterocycles. The van der Waals surface area contributed by atoms with Crippen LogP contribution in [-0.4, -0.2) is 108 Å². The molecule has 1 atom stereocenters. The third-order valence-electron chi connectivity index (χ3n) is 6.13. The number of carbonyl (C=O) groups is 1. The van der Waals surface area contributed by atoms with Crippen molar-refractivity contribution in [1.29, 1.82) is 0 Å². The van der Waals surface area contributed by atoms with Gasteiger partial charge in [0.2, 0.25) is 0 Å². The van der Waals surface area contributed by atoms with Gasteiger partial charge in [0.15, 0.2) is 0 Å². The minimum absolute atomic E-state index is 0. The van der Waals surface area contributed by atoms with Gasteiger partial charge in [-0.1, -0.05) is 6.07 Å². The van der Waals surface area contributed by atoms with Gasteiger partial charge in [-0.3, -0.25) is 0 Å². The average Bonchev–Trinajstić information content (AvgIpc) is 3.34. The quantitative estimate of drug-likeness (QED) is 0.704. The summed E-state index contributed by atoms with van der Waals surface area (Å²) in [6, 6.07) is 1.82. The maximum absolute atomic E-state index is 12.6. The van der Waals surface area contributed by atoms with Crippen molar-refractivity contribution in [3.05, 3.63) is 28.3 Å². The molecule has 1 aromatic rings. The molecular weight excluding hydrogens is 403 g/mol. The fraction of sp³-hybridized carbons (Fsp3) is 0.632. The van der Waals surface area contributed by atoms with Crippen LogP contribution < -0.4 is 10.0 Å². The van der Waals surface area contributed by atoms with Crippen LogP contribution in [0.4, 0.5) is 10.5 Å². The van der Waals surface area contributed by atoms with E-state index in [0.717, 1.165) is 50.6 Å². The predicted molar refractivity (Wildman–Crippen MR) is 111 cm³/mol. The normalized spacial score (nSPS) is 21.3. The van der Waals surface area contributed by atoms with Gasteiger partial charge < -0.3 is 10.2 Å². The van der Waals surface area contributed by atoms with Gasteiger partial charge in [0.25, 0.3) is 0 Å². The van der Waals surface area contributed by atoms with E-state index in [4.69, 9.17) is 0 Å². The molecule has 1 aliphatic heterocycles. The van der Waals surface area contributed by atoms with Gasteiger partial charge in [-0.2, -0.15) is 12.7 Å². The van der Waals surface area contributed by atoms with Gasteiger partial charge in [0.05, 0.1) is 0 Å². The van der Waals surface area contributed by atoms with E-state index >= 15 is 0 Å². The van der Waals surface area contributed by atoms with Crippen molar-refractivity contribution in [3.63, 3.8) is 0 Å². The van der Waals surface area contributed by atoms with E-state index in [1.54, 1.807) is 0 Å². The molecule has 1 saturated heterocycles. The second-order valence-electron chi connectivity index (χ2n) is 8.06. The zero-order valence-corrected chi connectivity index (χ0v) is 21.0. The molecule has 0 saturated carbocycles. The van der Waals surface area contributed by atoms with Crippen molar-refractivity contribution in [2.75, 3.05) is 32.5 Å². The van der Waals surface area contributed by atoms with Gasteiger partial charge in [0, 0.05) is 76.2 Å². The Bertz CT molecular complexity index is 840. The summed E-state index contributed by atoms with van der Waals surface area (Å²) in [6.45, 7) is 0.841. The summed E-state index contributed by atoms with van der Waals surface area (Å²) in [5.74, 6) is 0. The molecule has 149 valence electrons.